The average molecular weight is 377 g/mol. The number of ether oxygens (including phenoxy) is 1. The number of Topliss-reactive ketones (excluding diaryl/α,β-unsaturated/α-hetero) is 1. The van der Waals surface area contributed by atoms with Crippen molar-refractivity contribution in [2.75, 3.05) is 6.79 Å². The molecule has 0 amide bonds. The van der Waals surface area contributed by atoms with E-state index in [1.54, 1.807) is 0 Å². The highest BCUT2D eigenvalue weighted by atomic mass is 16.7. The molecule has 1 N–H and O–H groups in total. The summed E-state index contributed by atoms with van der Waals surface area (Å²) in [6.45, 7) is 4.70. The zero-order valence-electron chi connectivity index (χ0n) is 16.4. The summed E-state index contributed by atoms with van der Waals surface area (Å²) >= 11 is 0. The van der Waals surface area contributed by atoms with Crippen molar-refractivity contribution in [1.82, 2.24) is 0 Å². The fourth-order valence-corrected chi connectivity index (χ4v) is 7.13. The highest BCUT2D eigenvalue weighted by Crippen LogP contribution is 2.65. The normalized spacial score (nSPS) is 47.7. The largest absolute Gasteiger partial charge is 0.428 e. The summed E-state index contributed by atoms with van der Waals surface area (Å²) in [5.41, 5.74) is 0.881. The molecule has 0 aromatic rings. The van der Waals surface area contributed by atoms with E-state index >= 15 is 0 Å². The van der Waals surface area contributed by atoms with Gasteiger partial charge in [-0.2, -0.15) is 0 Å². The van der Waals surface area contributed by atoms with Crippen molar-refractivity contribution >= 4 is 18.0 Å². The second kappa shape index (κ2) is 6.87. The van der Waals surface area contributed by atoms with E-state index in [1.165, 1.54) is 0 Å². The lowest BCUT2D eigenvalue weighted by atomic mass is 9.44. The highest BCUT2D eigenvalue weighted by Gasteiger charge is 2.61. The van der Waals surface area contributed by atoms with Crippen molar-refractivity contribution in [1.29, 1.82) is 0 Å². The maximum atomic E-state index is 12.5. The summed E-state index contributed by atoms with van der Waals surface area (Å²) in [5, 5.41) is 15.2. The van der Waals surface area contributed by atoms with Crippen LogP contribution in [0.1, 0.15) is 65.2 Å². The maximum absolute atomic E-state index is 12.5. The van der Waals surface area contributed by atoms with Crippen LogP contribution in [0.15, 0.2) is 5.16 Å². The molecule has 0 aliphatic heterocycles. The number of hydrogen-bond donors (Lipinski definition) is 1. The predicted molar refractivity (Wildman–Crippen MR) is 98.7 cm³/mol. The second-order valence-corrected chi connectivity index (χ2v) is 9.58. The van der Waals surface area contributed by atoms with Gasteiger partial charge in [-0.05, 0) is 74.0 Å². The molecule has 4 unspecified atom stereocenters. The van der Waals surface area contributed by atoms with Gasteiger partial charge in [0.2, 0.25) is 0 Å². The van der Waals surface area contributed by atoms with Crippen LogP contribution in [0.4, 0.5) is 0 Å². The molecule has 0 spiro atoms. The summed E-state index contributed by atoms with van der Waals surface area (Å²) in [4.78, 5) is 27.8. The number of carbonyl (C=O) groups excluding carboxylic acids is 2. The second-order valence-electron chi connectivity index (χ2n) is 9.58. The van der Waals surface area contributed by atoms with Gasteiger partial charge >= 0.3 is 0 Å². The number of nitrogens with zero attached hydrogens (tertiary/aromatic N) is 1. The third kappa shape index (κ3) is 2.91. The molecule has 150 valence electrons. The van der Waals surface area contributed by atoms with Gasteiger partial charge in [-0.15, -0.1) is 0 Å². The monoisotopic (exact) mass is 377 g/mol. The summed E-state index contributed by atoms with van der Waals surface area (Å²) in [6, 6.07) is 0. The average Bonchev–Trinajstić information content (AvgIpc) is 2.95. The third-order valence-electron chi connectivity index (χ3n) is 8.61. The van der Waals surface area contributed by atoms with E-state index < -0.39 is 0 Å². The lowest BCUT2D eigenvalue weighted by Gasteiger charge is -2.60. The zero-order valence-corrected chi connectivity index (χ0v) is 16.4. The molecule has 6 nitrogen and oxygen atoms in total. The molecular weight excluding hydrogens is 346 g/mol. The Hall–Kier alpha value is -1.43. The van der Waals surface area contributed by atoms with Gasteiger partial charge in [-0.1, -0.05) is 19.0 Å². The molecule has 7 atom stereocenters. The quantitative estimate of drug-likeness (QED) is 0.352. The van der Waals surface area contributed by atoms with Crippen LogP contribution in [0.2, 0.25) is 0 Å². The van der Waals surface area contributed by atoms with E-state index in [9.17, 15) is 14.7 Å². The summed E-state index contributed by atoms with van der Waals surface area (Å²) < 4.78 is 4.51. The Morgan fingerprint density at radius 1 is 1.19 bits per heavy atom. The molecule has 0 bridgehead atoms. The van der Waals surface area contributed by atoms with Crippen molar-refractivity contribution in [3.05, 3.63) is 0 Å². The standard InChI is InChI=1S/C21H31NO5/c1-20-7-5-13(22-27-12-26-11-23)9-17(20)18(24)10-14-15-3-4-19(25)21(15,2)8-6-16(14)20/h11,14-18,24H,3-10,12H2,1-2H3/b22-13+/t14?,15?,16?,17?,18-,20-,21+/m1/s1. The smallest absolute Gasteiger partial charge is 0.296 e. The van der Waals surface area contributed by atoms with Gasteiger partial charge in [-0.3, -0.25) is 9.59 Å². The number of hydrogen-bond acceptors (Lipinski definition) is 6. The first-order valence-electron chi connectivity index (χ1n) is 10.3. The molecule has 0 aromatic heterocycles. The highest BCUT2D eigenvalue weighted by molar-refractivity contribution is 5.87. The molecule has 4 aliphatic rings. The Labute approximate surface area is 160 Å². The first-order valence-corrected chi connectivity index (χ1v) is 10.3. The molecular formula is C21H31NO5. The zero-order chi connectivity index (χ0) is 19.2. The Kier molecular flexibility index (Phi) is 4.81. The number of aliphatic hydroxyl groups is 1. The van der Waals surface area contributed by atoms with E-state index in [0.717, 1.165) is 57.1 Å². The Morgan fingerprint density at radius 3 is 2.78 bits per heavy atom. The Balaban J connectivity index is 1.52. The minimum atomic E-state index is -0.356. The Bertz CT molecular complexity index is 648. The van der Waals surface area contributed by atoms with Crippen LogP contribution < -0.4 is 0 Å². The number of ketones is 1. The van der Waals surface area contributed by atoms with Crippen molar-refractivity contribution in [2.24, 2.45) is 39.7 Å². The molecule has 0 aromatic carbocycles. The summed E-state index contributed by atoms with van der Waals surface area (Å²) in [7, 11) is 0. The van der Waals surface area contributed by atoms with Crippen LogP contribution >= 0.6 is 0 Å². The molecule has 27 heavy (non-hydrogen) atoms. The predicted octanol–water partition coefficient (Wildman–Crippen LogP) is 3.07. The lowest BCUT2D eigenvalue weighted by molar-refractivity contribution is -0.153. The van der Waals surface area contributed by atoms with Crippen LogP contribution in [0.5, 0.6) is 0 Å². The van der Waals surface area contributed by atoms with Crippen LogP contribution in [-0.2, 0) is 19.2 Å². The van der Waals surface area contributed by atoms with Gasteiger partial charge < -0.3 is 14.7 Å². The van der Waals surface area contributed by atoms with E-state index in [-0.39, 0.29) is 29.6 Å². The number of fused-ring (bicyclic) bond motifs is 5. The van der Waals surface area contributed by atoms with Gasteiger partial charge in [0.05, 0.1) is 11.8 Å². The fourth-order valence-electron chi connectivity index (χ4n) is 7.13. The van der Waals surface area contributed by atoms with Gasteiger partial charge in [0, 0.05) is 11.8 Å². The van der Waals surface area contributed by atoms with Crippen LogP contribution in [0, 0.1) is 34.5 Å². The van der Waals surface area contributed by atoms with Gasteiger partial charge in [0.15, 0.2) is 0 Å². The fraction of sp³-hybridized carbons (Fsp3) is 0.857. The molecule has 0 heterocycles. The van der Waals surface area contributed by atoms with Crippen molar-refractivity contribution in [2.45, 2.75) is 71.3 Å². The molecule has 4 saturated carbocycles. The van der Waals surface area contributed by atoms with Crippen molar-refractivity contribution in [3.63, 3.8) is 0 Å². The topological polar surface area (TPSA) is 85.2 Å². The van der Waals surface area contributed by atoms with Crippen molar-refractivity contribution in [3.8, 4) is 0 Å². The number of aliphatic hydroxyl groups excluding tert-OH is 1. The summed E-state index contributed by atoms with van der Waals surface area (Å²) in [5.74, 6) is 2.11. The minimum absolute atomic E-state index is 0.0909. The minimum Gasteiger partial charge on any atom is -0.428 e. The molecule has 6 heteroatoms. The van der Waals surface area contributed by atoms with Crippen LogP contribution in [-0.4, -0.2) is 36.0 Å². The molecule has 4 aliphatic carbocycles. The van der Waals surface area contributed by atoms with Crippen molar-refractivity contribution < 1.29 is 24.3 Å². The molecule has 0 saturated heterocycles. The van der Waals surface area contributed by atoms with Crippen LogP contribution in [0.3, 0.4) is 0 Å². The Morgan fingerprint density at radius 2 is 2.00 bits per heavy atom. The van der Waals surface area contributed by atoms with E-state index in [2.05, 4.69) is 23.7 Å². The first kappa shape index (κ1) is 18.9. The number of carbonyl (C=O) groups is 2. The number of oxime groups is 1. The van der Waals surface area contributed by atoms with E-state index in [4.69, 9.17) is 4.84 Å². The first-order chi connectivity index (χ1) is 12.9. The molecule has 0 radical (unpaired) electrons. The van der Waals surface area contributed by atoms with Gasteiger partial charge in [0.25, 0.3) is 13.3 Å². The van der Waals surface area contributed by atoms with E-state index in [0.29, 0.717) is 30.0 Å². The maximum Gasteiger partial charge on any atom is 0.296 e. The SMILES string of the molecule is C[C@]12CC/C(=N\OCOC=O)CC1[C@H](O)CC1C2CC[C@]2(C)C(=O)CCC12. The van der Waals surface area contributed by atoms with Gasteiger partial charge in [0.1, 0.15) is 5.78 Å². The molecule has 4 fully saturated rings. The van der Waals surface area contributed by atoms with E-state index in [1.807, 2.05) is 0 Å². The summed E-state index contributed by atoms with van der Waals surface area (Å²) in [6.07, 6.45) is 6.85. The van der Waals surface area contributed by atoms with Gasteiger partial charge in [-0.25, -0.2) is 0 Å². The number of rotatable bonds is 4. The lowest BCUT2D eigenvalue weighted by Crippen LogP contribution is -2.57. The third-order valence-corrected chi connectivity index (χ3v) is 8.61. The van der Waals surface area contributed by atoms with Crippen LogP contribution in [0.25, 0.3) is 0 Å². The molecule has 4 rings (SSSR count).